The van der Waals surface area contributed by atoms with E-state index in [4.69, 9.17) is 10.5 Å². The summed E-state index contributed by atoms with van der Waals surface area (Å²) in [4.78, 5) is 15.8. The van der Waals surface area contributed by atoms with Crippen LogP contribution < -0.4 is 16.4 Å². The number of amides is 1. The Balaban J connectivity index is 1.47. The quantitative estimate of drug-likeness (QED) is 0.358. The SMILES string of the molecule is NC(=NCC1CCCO1)NCCCNC(=O)C1CCC1. The molecule has 20 heavy (non-hydrogen) atoms. The van der Waals surface area contributed by atoms with Gasteiger partial charge in [0.2, 0.25) is 5.91 Å². The number of guanidine groups is 1. The highest BCUT2D eigenvalue weighted by molar-refractivity contribution is 5.79. The number of carbonyl (C=O) groups excluding carboxylic acids is 1. The molecule has 0 radical (unpaired) electrons. The summed E-state index contributed by atoms with van der Waals surface area (Å²) in [6.45, 7) is 2.90. The smallest absolute Gasteiger partial charge is 0.223 e. The number of nitrogens with zero attached hydrogens (tertiary/aromatic N) is 1. The average Bonchev–Trinajstić information content (AvgIpc) is 2.87. The summed E-state index contributed by atoms with van der Waals surface area (Å²) >= 11 is 0. The van der Waals surface area contributed by atoms with Gasteiger partial charge in [-0.1, -0.05) is 6.42 Å². The zero-order chi connectivity index (χ0) is 14.2. The molecule has 1 saturated carbocycles. The van der Waals surface area contributed by atoms with Gasteiger partial charge in [0, 0.05) is 25.6 Å². The fourth-order valence-corrected chi connectivity index (χ4v) is 2.38. The van der Waals surface area contributed by atoms with E-state index >= 15 is 0 Å². The predicted molar refractivity (Wildman–Crippen MR) is 78.4 cm³/mol. The van der Waals surface area contributed by atoms with Gasteiger partial charge < -0.3 is 21.1 Å². The minimum absolute atomic E-state index is 0.205. The lowest BCUT2D eigenvalue weighted by molar-refractivity contribution is -0.127. The van der Waals surface area contributed by atoms with Crippen molar-refractivity contribution >= 4 is 11.9 Å². The molecule has 4 N–H and O–H groups in total. The van der Waals surface area contributed by atoms with Crippen LogP contribution in [0, 0.1) is 5.92 Å². The van der Waals surface area contributed by atoms with E-state index in [-0.39, 0.29) is 17.9 Å². The Bertz CT molecular complexity index is 336. The van der Waals surface area contributed by atoms with Crippen LogP contribution in [-0.4, -0.2) is 44.2 Å². The van der Waals surface area contributed by atoms with Crippen molar-refractivity contribution in [3.63, 3.8) is 0 Å². The van der Waals surface area contributed by atoms with Crippen molar-refractivity contribution in [2.75, 3.05) is 26.2 Å². The molecule has 2 fully saturated rings. The molecule has 1 unspecified atom stereocenters. The molecule has 1 heterocycles. The standard InChI is InChI=1S/C14H26N4O2/c15-14(18-10-12-6-2-9-20-12)17-8-3-7-16-13(19)11-4-1-5-11/h11-12H,1-10H2,(H,16,19)(H3,15,17,18). The molecule has 0 bridgehead atoms. The van der Waals surface area contributed by atoms with Crippen molar-refractivity contribution in [2.45, 2.75) is 44.6 Å². The fourth-order valence-electron chi connectivity index (χ4n) is 2.38. The first-order chi connectivity index (χ1) is 9.75. The fraction of sp³-hybridized carbons (Fsp3) is 0.857. The minimum Gasteiger partial charge on any atom is -0.376 e. The van der Waals surface area contributed by atoms with Gasteiger partial charge in [-0.2, -0.15) is 0 Å². The molecule has 1 saturated heterocycles. The summed E-state index contributed by atoms with van der Waals surface area (Å²) in [6, 6.07) is 0. The van der Waals surface area contributed by atoms with E-state index in [0.29, 0.717) is 19.0 Å². The Morgan fingerprint density at radius 1 is 1.20 bits per heavy atom. The van der Waals surface area contributed by atoms with Gasteiger partial charge in [0.15, 0.2) is 5.96 Å². The lowest BCUT2D eigenvalue weighted by Crippen LogP contribution is -2.37. The van der Waals surface area contributed by atoms with Crippen molar-refractivity contribution in [1.29, 1.82) is 0 Å². The Labute approximate surface area is 120 Å². The summed E-state index contributed by atoms with van der Waals surface area (Å²) in [6.07, 6.45) is 6.57. The average molecular weight is 282 g/mol. The first-order valence-corrected chi connectivity index (χ1v) is 7.69. The third-order valence-corrected chi connectivity index (χ3v) is 3.92. The lowest BCUT2D eigenvalue weighted by atomic mass is 9.85. The van der Waals surface area contributed by atoms with E-state index in [2.05, 4.69) is 15.6 Å². The van der Waals surface area contributed by atoms with Crippen LogP contribution in [0.4, 0.5) is 0 Å². The molecule has 6 nitrogen and oxygen atoms in total. The molecular formula is C14H26N4O2. The van der Waals surface area contributed by atoms with Crippen molar-refractivity contribution in [3.05, 3.63) is 0 Å². The Kier molecular flexibility index (Phi) is 6.11. The Morgan fingerprint density at radius 3 is 2.65 bits per heavy atom. The van der Waals surface area contributed by atoms with Gasteiger partial charge in [0.05, 0.1) is 12.6 Å². The lowest BCUT2D eigenvalue weighted by Gasteiger charge is -2.24. The van der Waals surface area contributed by atoms with Gasteiger partial charge in [0.25, 0.3) is 0 Å². The minimum atomic E-state index is 0.205. The molecule has 6 heteroatoms. The van der Waals surface area contributed by atoms with Crippen LogP contribution >= 0.6 is 0 Å². The molecule has 0 aromatic heterocycles. The molecule has 0 aromatic rings. The van der Waals surface area contributed by atoms with Crippen LogP contribution in [0.2, 0.25) is 0 Å². The van der Waals surface area contributed by atoms with Crippen molar-refractivity contribution in [3.8, 4) is 0 Å². The normalized spacial score (nSPS) is 23.4. The highest BCUT2D eigenvalue weighted by Crippen LogP contribution is 2.25. The second-order valence-electron chi connectivity index (χ2n) is 5.56. The Hall–Kier alpha value is -1.30. The van der Waals surface area contributed by atoms with E-state index in [9.17, 15) is 4.79 Å². The molecule has 0 aromatic carbocycles. The van der Waals surface area contributed by atoms with E-state index in [1.807, 2.05) is 0 Å². The zero-order valence-electron chi connectivity index (χ0n) is 12.1. The van der Waals surface area contributed by atoms with Gasteiger partial charge >= 0.3 is 0 Å². The summed E-state index contributed by atoms with van der Waals surface area (Å²) in [5.41, 5.74) is 5.77. The molecule has 1 aliphatic carbocycles. The number of hydrogen-bond donors (Lipinski definition) is 3. The first kappa shape index (κ1) is 15.1. The zero-order valence-corrected chi connectivity index (χ0v) is 12.1. The van der Waals surface area contributed by atoms with Gasteiger partial charge in [0.1, 0.15) is 0 Å². The molecular weight excluding hydrogens is 256 g/mol. The number of ether oxygens (including phenoxy) is 1. The number of hydrogen-bond acceptors (Lipinski definition) is 3. The second-order valence-corrected chi connectivity index (χ2v) is 5.56. The van der Waals surface area contributed by atoms with E-state index in [1.54, 1.807) is 0 Å². The summed E-state index contributed by atoms with van der Waals surface area (Å²) < 4.78 is 5.47. The largest absolute Gasteiger partial charge is 0.376 e. The number of nitrogens with one attached hydrogen (secondary N) is 2. The molecule has 2 rings (SSSR count). The Morgan fingerprint density at radius 2 is 2.00 bits per heavy atom. The van der Waals surface area contributed by atoms with E-state index in [1.165, 1.54) is 6.42 Å². The van der Waals surface area contributed by atoms with Crippen molar-refractivity contribution in [2.24, 2.45) is 16.6 Å². The highest BCUT2D eigenvalue weighted by atomic mass is 16.5. The summed E-state index contributed by atoms with van der Waals surface area (Å²) in [5, 5.41) is 6.01. The van der Waals surface area contributed by atoms with Crippen LogP contribution in [-0.2, 0) is 9.53 Å². The van der Waals surface area contributed by atoms with Crippen LogP contribution in [0.5, 0.6) is 0 Å². The van der Waals surface area contributed by atoms with Gasteiger partial charge in [-0.3, -0.25) is 9.79 Å². The number of nitrogens with two attached hydrogens (primary N) is 1. The molecule has 1 amide bonds. The maximum atomic E-state index is 11.6. The first-order valence-electron chi connectivity index (χ1n) is 7.69. The van der Waals surface area contributed by atoms with Crippen LogP contribution in [0.3, 0.4) is 0 Å². The van der Waals surface area contributed by atoms with E-state index in [0.717, 1.165) is 45.3 Å². The number of carbonyl (C=O) groups is 1. The highest BCUT2D eigenvalue weighted by Gasteiger charge is 2.24. The van der Waals surface area contributed by atoms with Crippen LogP contribution in [0.1, 0.15) is 38.5 Å². The van der Waals surface area contributed by atoms with Crippen LogP contribution in [0.25, 0.3) is 0 Å². The number of rotatable bonds is 7. The van der Waals surface area contributed by atoms with Gasteiger partial charge in [-0.05, 0) is 32.1 Å². The molecule has 0 spiro atoms. The van der Waals surface area contributed by atoms with Gasteiger partial charge in [-0.25, -0.2) is 0 Å². The summed E-state index contributed by atoms with van der Waals surface area (Å²) in [5.74, 6) is 0.933. The van der Waals surface area contributed by atoms with Crippen molar-refractivity contribution < 1.29 is 9.53 Å². The van der Waals surface area contributed by atoms with Gasteiger partial charge in [-0.15, -0.1) is 0 Å². The number of aliphatic imine (C=N–C) groups is 1. The molecule has 2 aliphatic rings. The third kappa shape index (κ3) is 5.00. The van der Waals surface area contributed by atoms with Crippen LogP contribution in [0.15, 0.2) is 4.99 Å². The van der Waals surface area contributed by atoms with Crippen molar-refractivity contribution in [1.82, 2.24) is 10.6 Å². The molecule has 114 valence electrons. The maximum absolute atomic E-state index is 11.6. The predicted octanol–water partition coefficient (Wildman–Crippen LogP) is 0.376. The maximum Gasteiger partial charge on any atom is 0.223 e. The monoisotopic (exact) mass is 282 g/mol. The van der Waals surface area contributed by atoms with E-state index < -0.39 is 0 Å². The second kappa shape index (κ2) is 8.09. The molecule has 1 aliphatic heterocycles. The molecule has 1 atom stereocenters. The topological polar surface area (TPSA) is 88.7 Å². The summed E-state index contributed by atoms with van der Waals surface area (Å²) in [7, 11) is 0. The third-order valence-electron chi connectivity index (χ3n) is 3.92.